The van der Waals surface area contributed by atoms with Gasteiger partial charge in [0, 0.05) is 18.7 Å². The van der Waals surface area contributed by atoms with E-state index in [0.717, 1.165) is 12.0 Å². The van der Waals surface area contributed by atoms with Gasteiger partial charge in [-0.15, -0.1) is 0 Å². The molecule has 0 spiro atoms. The van der Waals surface area contributed by atoms with Gasteiger partial charge in [-0.1, -0.05) is 6.92 Å². The van der Waals surface area contributed by atoms with Gasteiger partial charge in [0.15, 0.2) is 0 Å². The van der Waals surface area contributed by atoms with E-state index in [-0.39, 0.29) is 0 Å². The molecule has 1 aromatic heterocycles. The standard InChI is InChI=1S/C12H24N6O/c1-5-9-10(15-8-16-11(9)17-13)14-6-12(2,19)7-18(3)4/h8,19H,5-7,13H2,1-4H3,(H2,14,15,16,17). The number of nitrogens with one attached hydrogen (secondary N) is 2. The van der Waals surface area contributed by atoms with Crippen molar-refractivity contribution < 1.29 is 5.11 Å². The number of nitrogens with zero attached hydrogens (tertiary/aromatic N) is 3. The number of likely N-dealkylation sites (N-methyl/N-ethyl adjacent to an activating group) is 1. The summed E-state index contributed by atoms with van der Waals surface area (Å²) in [6, 6.07) is 0. The van der Waals surface area contributed by atoms with E-state index < -0.39 is 5.60 Å². The highest BCUT2D eigenvalue weighted by Gasteiger charge is 2.22. The summed E-state index contributed by atoms with van der Waals surface area (Å²) in [6.45, 7) is 4.76. The lowest BCUT2D eigenvalue weighted by Gasteiger charge is -2.27. The molecule has 0 fully saturated rings. The monoisotopic (exact) mass is 268 g/mol. The number of hydrogen-bond donors (Lipinski definition) is 4. The minimum atomic E-state index is -0.838. The lowest BCUT2D eigenvalue weighted by Crippen LogP contribution is -2.43. The molecule has 1 heterocycles. The zero-order valence-corrected chi connectivity index (χ0v) is 12.1. The Hall–Kier alpha value is -1.44. The highest BCUT2D eigenvalue weighted by Crippen LogP contribution is 2.20. The van der Waals surface area contributed by atoms with Crippen molar-refractivity contribution in [3.05, 3.63) is 11.9 Å². The summed E-state index contributed by atoms with van der Waals surface area (Å²) in [7, 11) is 3.85. The summed E-state index contributed by atoms with van der Waals surface area (Å²) < 4.78 is 0. The molecule has 5 N–H and O–H groups in total. The molecule has 0 saturated carbocycles. The normalized spacial score (nSPS) is 14.3. The van der Waals surface area contributed by atoms with E-state index in [2.05, 4.69) is 20.7 Å². The number of nitrogens with two attached hydrogens (primary N) is 1. The van der Waals surface area contributed by atoms with Crippen molar-refractivity contribution in [2.45, 2.75) is 25.9 Å². The SMILES string of the molecule is CCc1c(NN)ncnc1NCC(C)(O)CN(C)C. The van der Waals surface area contributed by atoms with Crippen molar-refractivity contribution in [1.82, 2.24) is 14.9 Å². The van der Waals surface area contributed by atoms with Crippen molar-refractivity contribution in [3.8, 4) is 0 Å². The first-order valence-electron chi connectivity index (χ1n) is 6.31. The largest absolute Gasteiger partial charge is 0.387 e. The number of hydrogen-bond acceptors (Lipinski definition) is 7. The van der Waals surface area contributed by atoms with E-state index >= 15 is 0 Å². The quantitative estimate of drug-likeness (QED) is 0.409. The van der Waals surface area contributed by atoms with Crippen LogP contribution in [0.1, 0.15) is 19.4 Å². The van der Waals surface area contributed by atoms with Gasteiger partial charge in [-0.3, -0.25) is 0 Å². The first-order chi connectivity index (χ1) is 8.89. The third-order valence-electron chi connectivity index (χ3n) is 2.73. The van der Waals surface area contributed by atoms with E-state index in [9.17, 15) is 5.11 Å². The molecule has 0 aliphatic carbocycles. The van der Waals surface area contributed by atoms with Crippen molar-refractivity contribution in [1.29, 1.82) is 0 Å². The van der Waals surface area contributed by atoms with Crippen LogP contribution in [-0.2, 0) is 6.42 Å². The molecule has 0 aliphatic rings. The lowest BCUT2D eigenvalue weighted by atomic mass is 10.1. The Morgan fingerprint density at radius 3 is 2.53 bits per heavy atom. The van der Waals surface area contributed by atoms with E-state index in [1.54, 1.807) is 6.92 Å². The highest BCUT2D eigenvalue weighted by atomic mass is 16.3. The maximum atomic E-state index is 10.2. The third kappa shape index (κ3) is 4.62. The Kier molecular flexibility index (Phi) is 5.46. The molecule has 1 atom stereocenters. The van der Waals surface area contributed by atoms with Crippen molar-refractivity contribution in [2.75, 3.05) is 37.9 Å². The Balaban J connectivity index is 2.77. The van der Waals surface area contributed by atoms with Crippen molar-refractivity contribution in [2.24, 2.45) is 5.84 Å². The summed E-state index contributed by atoms with van der Waals surface area (Å²) in [5, 5.41) is 13.4. The fourth-order valence-electron chi connectivity index (χ4n) is 2.04. The molecule has 0 amide bonds. The van der Waals surface area contributed by atoms with Gasteiger partial charge in [0.05, 0.1) is 5.60 Å². The van der Waals surface area contributed by atoms with Gasteiger partial charge in [0.1, 0.15) is 18.0 Å². The van der Waals surface area contributed by atoms with E-state index in [1.807, 2.05) is 25.9 Å². The van der Waals surface area contributed by atoms with Gasteiger partial charge in [-0.05, 0) is 27.4 Å². The molecule has 0 bridgehead atoms. The molecule has 19 heavy (non-hydrogen) atoms. The minimum absolute atomic E-state index is 0.402. The maximum Gasteiger partial charge on any atom is 0.148 e. The van der Waals surface area contributed by atoms with Gasteiger partial charge in [0.2, 0.25) is 0 Å². The summed E-state index contributed by atoms with van der Waals surface area (Å²) in [5.41, 5.74) is 2.62. The van der Waals surface area contributed by atoms with Crippen LogP contribution in [0.2, 0.25) is 0 Å². The third-order valence-corrected chi connectivity index (χ3v) is 2.73. The van der Waals surface area contributed by atoms with E-state index in [1.165, 1.54) is 6.33 Å². The zero-order valence-electron chi connectivity index (χ0n) is 12.1. The van der Waals surface area contributed by atoms with Crippen LogP contribution in [0, 0.1) is 0 Å². The number of hydrazine groups is 1. The number of aliphatic hydroxyl groups is 1. The molecular formula is C12H24N6O. The number of nitrogen functional groups attached to an aromatic ring is 1. The molecule has 0 saturated heterocycles. The molecule has 0 aromatic carbocycles. The van der Waals surface area contributed by atoms with Crippen LogP contribution in [0.4, 0.5) is 11.6 Å². The lowest BCUT2D eigenvalue weighted by molar-refractivity contribution is 0.0459. The molecule has 7 heteroatoms. The summed E-state index contributed by atoms with van der Waals surface area (Å²) >= 11 is 0. The average molecular weight is 268 g/mol. The van der Waals surface area contributed by atoms with Gasteiger partial charge in [-0.25, -0.2) is 15.8 Å². The molecule has 1 unspecified atom stereocenters. The second-order valence-electron chi connectivity index (χ2n) is 5.14. The minimum Gasteiger partial charge on any atom is -0.387 e. The van der Waals surface area contributed by atoms with Crippen LogP contribution in [0.5, 0.6) is 0 Å². The number of aromatic nitrogens is 2. The topological polar surface area (TPSA) is 99.3 Å². The summed E-state index contributed by atoms with van der Waals surface area (Å²) in [6.07, 6.45) is 2.19. The molecular weight excluding hydrogens is 244 g/mol. The van der Waals surface area contributed by atoms with Crippen LogP contribution in [0.15, 0.2) is 6.33 Å². The van der Waals surface area contributed by atoms with Crippen LogP contribution in [-0.4, -0.2) is 52.8 Å². The van der Waals surface area contributed by atoms with E-state index in [4.69, 9.17) is 5.84 Å². The molecule has 1 rings (SSSR count). The summed E-state index contributed by atoms with van der Waals surface area (Å²) in [5.74, 6) is 6.72. The summed E-state index contributed by atoms with van der Waals surface area (Å²) in [4.78, 5) is 10.2. The Morgan fingerprint density at radius 1 is 1.37 bits per heavy atom. The van der Waals surface area contributed by atoms with Gasteiger partial charge < -0.3 is 20.7 Å². The molecule has 7 nitrogen and oxygen atoms in total. The maximum absolute atomic E-state index is 10.2. The van der Waals surface area contributed by atoms with Crippen LogP contribution < -0.4 is 16.6 Å². The van der Waals surface area contributed by atoms with Crippen LogP contribution >= 0.6 is 0 Å². The number of rotatable bonds is 7. The fourth-order valence-corrected chi connectivity index (χ4v) is 2.04. The zero-order chi connectivity index (χ0) is 14.5. The second kappa shape index (κ2) is 6.65. The molecule has 108 valence electrons. The highest BCUT2D eigenvalue weighted by molar-refractivity contribution is 5.56. The molecule has 0 radical (unpaired) electrons. The van der Waals surface area contributed by atoms with Crippen LogP contribution in [0.25, 0.3) is 0 Å². The smallest absolute Gasteiger partial charge is 0.148 e. The molecule has 0 aliphatic heterocycles. The van der Waals surface area contributed by atoms with Crippen LogP contribution in [0.3, 0.4) is 0 Å². The first-order valence-corrected chi connectivity index (χ1v) is 6.31. The predicted molar refractivity (Wildman–Crippen MR) is 76.9 cm³/mol. The Bertz CT molecular complexity index is 407. The van der Waals surface area contributed by atoms with Crippen molar-refractivity contribution >= 4 is 11.6 Å². The fraction of sp³-hybridized carbons (Fsp3) is 0.667. The Labute approximate surface area is 114 Å². The first kappa shape index (κ1) is 15.6. The predicted octanol–water partition coefficient (Wildman–Crippen LogP) is 0.0491. The number of anilines is 2. The van der Waals surface area contributed by atoms with Gasteiger partial charge in [0.25, 0.3) is 0 Å². The molecule has 1 aromatic rings. The van der Waals surface area contributed by atoms with Crippen molar-refractivity contribution in [3.63, 3.8) is 0 Å². The van der Waals surface area contributed by atoms with Gasteiger partial charge >= 0.3 is 0 Å². The average Bonchev–Trinajstić information content (AvgIpc) is 2.34. The van der Waals surface area contributed by atoms with E-state index in [0.29, 0.717) is 24.7 Å². The van der Waals surface area contributed by atoms with Gasteiger partial charge in [-0.2, -0.15) is 0 Å². The second-order valence-corrected chi connectivity index (χ2v) is 5.14. The Morgan fingerprint density at radius 2 is 2.00 bits per heavy atom.